The van der Waals surface area contributed by atoms with Crippen LogP contribution in [0.3, 0.4) is 0 Å². The molecule has 1 fully saturated rings. The van der Waals surface area contributed by atoms with E-state index in [4.69, 9.17) is 0 Å². The second-order valence-corrected chi connectivity index (χ2v) is 4.33. The van der Waals surface area contributed by atoms with E-state index >= 15 is 0 Å². The van der Waals surface area contributed by atoms with Gasteiger partial charge in [0.25, 0.3) is 11.1 Å². The Bertz CT molecular complexity index is 600. The molecule has 1 saturated heterocycles. The Morgan fingerprint density at radius 3 is 2.61 bits per heavy atom. The Labute approximate surface area is 104 Å². The summed E-state index contributed by atoms with van der Waals surface area (Å²) in [7, 11) is 0. The highest BCUT2D eigenvalue weighted by molar-refractivity contribution is 8.18. The van der Waals surface area contributed by atoms with Crippen molar-refractivity contribution in [2.75, 3.05) is 0 Å². The highest BCUT2D eigenvalue weighted by atomic mass is 32.2. The van der Waals surface area contributed by atoms with Gasteiger partial charge in [-0.3, -0.25) is 25.0 Å². The number of nitro benzene ring substituents is 1. The molecule has 2 amide bonds. The van der Waals surface area contributed by atoms with Gasteiger partial charge in [-0.1, -0.05) is 0 Å². The summed E-state index contributed by atoms with van der Waals surface area (Å²) in [4.78, 5) is 31.8. The summed E-state index contributed by atoms with van der Waals surface area (Å²) >= 11 is 0.690. The zero-order valence-electron chi connectivity index (χ0n) is 8.68. The second kappa shape index (κ2) is 4.57. The van der Waals surface area contributed by atoms with Crippen molar-refractivity contribution in [3.63, 3.8) is 0 Å². The number of carbonyl (C=O) groups is 2. The average molecular weight is 268 g/mol. The molecule has 1 aromatic rings. The summed E-state index contributed by atoms with van der Waals surface area (Å²) < 4.78 is 13.3. The third-order valence-corrected chi connectivity index (χ3v) is 2.92. The molecule has 0 spiro atoms. The Hall–Kier alpha value is -2.22. The third-order valence-electron chi connectivity index (χ3n) is 2.11. The molecular formula is C10H5FN2O4S. The topological polar surface area (TPSA) is 89.3 Å². The Balaban J connectivity index is 2.33. The molecule has 18 heavy (non-hydrogen) atoms. The predicted molar refractivity (Wildman–Crippen MR) is 62.2 cm³/mol. The summed E-state index contributed by atoms with van der Waals surface area (Å²) in [6.07, 6.45) is 1.29. The van der Waals surface area contributed by atoms with E-state index in [-0.39, 0.29) is 10.5 Å². The fraction of sp³-hybridized carbons (Fsp3) is 0. The van der Waals surface area contributed by atoms with Crippen molar-refractivity contribution < 1.29 is 18.9 Å². The van der Waals surface area contributed by atoms with Crippen LogP contribution in [0.4, 0.5) is 14.9 Å². The molecule has 6 nitrogen and oxygen atoms in total. The van der Waals surface area contributed by atoms with E-state index in [1.54, 1.807) is 0 Å². The molecule has 1 aliphatic rings. The Morgan fingerprint density at radius 2 is 2.11 bits per heavy atom. The maximum Gasteiger partial charge on any atom is 0.304 e. The van der Waals surface area contributed by atoms with Gasteiger partial charge in [-0.2, -0.15) is 4.39 Å². The van der Waals surface area contributed by atoms with Crippen LogP contribution in [0.25, 0.3) is 6.08 Å². The lowest BCUT2D eigenvalue weighted by molar-refractivity contribution is -0.387. The minimum absolute atomic E-state index is 0.119. The number of amides is 2. The molecule has 0 aromatic heterocycles. The number of hydrogen-bond acceptors (Lipinski definition) is 5. The van der Waals surface area contributed by atoms with E-state index in [2.05, 4.69) is 0 Å². The largest absolute Gasteiger partial charge is 0.304 e. The number of rotatable bonds is 2. The van der Waals surface area contributed by atoms with Crippen LogP contribution in [0.2, 0.25) is 0 Å². The van der Waals surface area contributed by atoms with Gasteiger partial charge in [0, 0.05) is 6.07 Å². The number of benzene rings is 1. The minimum atomic E-state index is -0.996. The zero-order chi connectivity index (χ0) is 13.3. The van der Waals surface area contributed by atoms with E-state index < -0.39 is 27.6 Å². The lowest BCUT2D eigenvalue weighted by atomic mass is 10.2. The molecule has 0 bridgehead atoms. The number of carbonyl (C=O) groups excluding carboxylic acids is 2. The quantitative estimate of drug-likeness (QED) is 0.503. The van der Waals surface area contributed by atoms with Gasteiger partial charge < -0.3 is 0 Å². The molecule has 1 aromatic carbocycles. The van der Waals surface area contributed by atoms with Gasteiger partial charge in [0.1, 0.15) is 0 Å². The SMILES string of the molecule is O=C1NC(=O)/C(=C/c2ccc([N+](=O)[O-])c(F)c2)S1. The number of nitrogens with one attached hydrogen (secondary N) is 1. The van der Waals surface area contributed by atoms with E-state index in [0.717, 1.165) is 12.1 Å². The summed E-state index contributed by atoms with van der Waals surface area (Å²) in [6, 6.07) is 3.23. The molecule has 0 radical (unpaired) electrons. The molecule has 0 aliphatic carbocycles. The Morgan fingerprint density at radius 1 is 1.39 bits per heavy atom. The monoisotopic (exact) mass is 268 g/mol. The van der Waals surface area contributed by atoms with Gasteiger partial charge in [-0.15, -0.1) is 0 Å². The van der Waals surface area contributed by atoms with Crippen LogP contribution in [0, 0.1) is 15.9 Å². The minimum Gasteiger partial charge on any atom is -0.282 e. The number of halogens is 1. The average Bonchev–Trinajstić information content (AvgIpc) is 2.57. The molecule has 1 N–H and O–H groups in total. The van der Waals surface area contributed by atoms with Crippen molar-refractivity contribution in [2.24, 2.45) is 0 Å². The van der Waals surface area contributed by atoms with Crippen molar-refractivity contribution >= 4 is 34.7 Å². The molecule has 0 saturated carbocycles. The van der Waals surface area contributed by atoms with Crippen LogP contribution in [0.5, 0.6) is 0 Å². The first-order chi connectivity index (χ1) is 8.47. The third kappa shape index (κ3) is 2.38. The first-order valence-electron chi connectivity index (χ1n) is 4.66. The van der Waals surface area contributed by atoms with Gasteiger partial charge in [0.15, 0.2) is 0 Å². The molecule has 8 heteroatoms. The number of nitro groups is 1. The molecule has 1 heterocycles. The van der Waals surface area contributed by atoms with E-state index in [9.17, 15) is 24.1 Å². The standard InChI is InChI=1S/C10H5FN2O4S/c11-6-3-5(1-2-7(6)13(16)17)4-8-9(14)12-10(15)18-8/h1-4H,(H,12,14,15)/b8-4-. The van der Waals surface area contributed by atoms with Gasteiger partial charge in [0.05, 0.1) is 9.83 Å². The van der Waals surface area contributed by atoms with Crippen molar-refractivity contribution in [1.29, 1.82) is 0 Å². The lowest BCUT2D eigenvalue weighted by Crippen LogP contribution is -2.17. The number of hydrogen-bond donors (Lipinski definition) is 1. The van der Waals surface area contributed by atoms with Crippen LogP contribution >= 0.6 is 11.8 Å². The normalized spacial score (nSPS) is 17.1. The van der Waals surface area contributed by atoms with Gasteiger partial charge in [-0.05, 0) is 35.5 Å². The number of imide groups is 1. The Kier molecular flexibility index (Phi) is 3.11. The van der Waals surface area contributed by atoms with Crippen LogP contribution < -0.4 is 5.32 Å². The van der Waals surface area contributed by atoms with Crippen LogP contribution in [0.15, 0.2) is 23.1 Å². The van der Waals surface area contributed by atoms with E-state index in [1.165, 1.54) is 12.1 Å². The fourth-order valence-corrected chi connectivity index (χ4v) is 2.02. The summed E-state index contributed by atoms with van der Waals surface area (Å²) in [5, 5.41) is 12.0. The smallest absolute Gasteiger partial charge is 0.282 e. The predicted octanol–water partition coefficient (Wildman–Crippen LogP) is 2.06. The van der Waals surface area contributed by atoms with Crippen LogP contribution in [-0.4, -0.2) is 16.1 Å². The number of nitrogens with zero attached hydrogens (tertiary/aromatic N) is 1. The number of thioether (sulfide) groups is 1. The maximum absolute atomic E-state index is 13.3. The van der Waals surface area contributed by atoms with E-state index in [0.29, 0.717) is 11.8 Å². The second-order valence-electron chi connectivity index (χ2n) is 3.32. The molecule has 0 atom stereocenters. The molecule has 92 valence electrons. The first-order valence-corrected chi connectivity index (χ1v) is 5.48. The van der Waals surface area contributed by atoms with Crippen LogP contribution in [0.1, 0.15) is 5.56 Å². The van der Waals surface area contributed by atoms with Gasteiger partial charge in [0.2, 0.25) is 5.82 Å². The zero-order valence-corrected chi connectivity index (χ0v) is 9.49. The van der Waals surface area contributed by atoms with E-state index in [1.807, 2.05) is 5.32 Å². The van der Waals surface area contributed by atoms with Crippen molar-refractivity contribution in [2.45, 2.75) is 0 Å². The highest BCUT2D eigenvalue weighted by Gasteiger charge is 2.25. The van der Waals surface area contributed by atoms with Crippen LogP contribution in [-0.2, 0) is 4.79 Å². The fourth-order valence-electron chi connectivity index (χ4n) is 1.33. The molecule has 2 rings (SSSR count). The summed E-state index contributed by atoms with van der Waals surface area (Å²) in [6.45, 7) is 0. The van der Waals surface area contributed by atoms with Crippen molar-refractivity contribution in [1.82, 2.24) is 5.32 Å². The molecular weight excluding hydrogens is 263 g/mol. The van der Waals surface area contributed by atoms with Crippen molar-refractivity contribution in [3.8, 4) is 0 Å². The molecule has 1 aliphatic heterocycles. The van der Waals surface area contributed by atoms with Gasteiger partial charge in [-0.25, -0.2) is 0 Å². The lowest BCUT2D eigenvalue weighted by Gasteiger charge is -1.97. The van der Waals surface area contributed by atoms with Crippen molar-refractivity contribution in [3.05, 3.63) is 44.6 Å². The first kappa shape index (κ1) is 12.2. The summed E-state index contributed by atoms with van der Waals surface area (Å²) in [5.74, 6) is -1.56. The summed E-state index contributed by atoms with van der Waals surface area (Å²) in [5.41, 5.74) is -0.373. The maximum atomic E-state index is 13.3. The highest BCUT2D eigenvalue weighted by Crippen LogP contribution is 2.27. The molecule has 0 unspecified atom stereocenters. The van der Waals surface area contributed by atoms with Gasteiger partial charge >= 0.3 is 5.69 Å².